The fourth-order valence-electron chi connectivity index (χ4n) is 5.02. The van der Waals surface area contributed by atoms with Crippen molar-refractivity contribution in [2.24, 2.45) is 17.8 Å². The summed E-state index contributed by atoms with van der Waals surface area (Å²) in [5.74, 6) is -2.54. The van der Waals surface area contributed by atoms with Crippen molar-refractivity contribution in [2.75, 3.05) is 6.61 Å². The molecule has 0 N–H and O–H groups in total. The molecule has 146 valence electrons. The lowest BCUT2D eigenvalue weighted by atomic mass is 9.88. The molecule has 2 saturated carbocycles. The molecule has 0 amide bonds. The van der Waals surface area contributed by atoms with Crippen molar-refractivity contribution in [3.05, 3.63) is 29.3 Å². The Balaban J connectivity index is 1.76. The van der Waals surface area contributed by atoms with Gasteiger partial charge in [-0.05, 0) is 68.4 Å². The van der Waals surface area contributed by atoms with Gasteiger partial charge < -0.3 is 4.74 Å². The SMILES string of the molecule is CCCC1C(F)CC2CC(c3ccc(OCC)c(F)c3F)CC2CC1F. The molecule has 4 unspecified atom stereocenters. The van der Waals surface area contributed by atoms with E-state index in [-0.39, 0.29) is 30.1 Å². The average Bonchev–Trinajstić information content (AvgIpc) is 2.94. The van der Waals surface area contributed by atoms with Crippen LogP contribution >= 0.6 is 0 Å². The van der Waals surface area contributed by atoms with Gasteiger partial charge in [0.05, 0.1) is 6.61 Å². The van der Waals surface area contributed by atoms with Crippen molar-refractivity contribution in [3.63, 3.8) is 0 Å². The van der Waals surface area contributed by atoms with Crippen molar-refractivity contribution >= 4 is 0 Å². The Morgan fingerprint density at radius 1 is 0.923 bits per heavy atom. The van der Waals surface area contributed by atoms with Crippen LogP contribution in [0.1, 0.15) is 63.9 Å². The zero-order chi connectivity index (χ0) is 18.8. The third-order valence-corrected chi connectivity index (χ3v) is 6.26. The van der Waals surface area contributed by atoms with Crippen molar-refractivity contribution in [2.45, 2.75) is 70.6 Å². The monoisotopic (exact) mass is 372 g/mol. The summed E-state index contributed by atoms with van der Waals surface area (Å²) in [7, 11) is 0. The van der Waals surface area contributed by atoms with Crippen LogP contribution in [0, 0.1) is 29.4 Å². The molecule has 4 atom stereocenters. The van der Waals surface area contributed by atoms with Gasteiger partial charge in [-0.25, -0.2) is 13.2 Å². The first kappa shape index (κ1) is 19.5. The Bertz CT molecular complexity index is 600. The van der Waals surface area contributed by atoms with E-state index < -0.39 is 29.9 Å². The first-order valence-corrected chi connectivity index (χ1v) is 9.85. The van der Waals surface area contributed by atoms with Crippen LogP contribution in [-0.2, 0) is 0 Å². The van der Waals surface area contributed by atoms with Crippen LogP contribution in [0.3, 0.4) is 0 Å². The molecule has 0 saturated heterocycles. The molecular formula is C21H28F4O. The van der Waals surface area contributed by atoms with E-state index in [0.717, 1.165) is 6.42 Å². The van der Waals surface area contributed by atoms with Crippen molar-refractivity contribution in [1.29, 1.82) is 0 Å². The fourth-order valence-corrected chi connectivity index (χ4v) is 5.02. The van der Waals surface area contributed by atoms with Gasteiger partial charge in [-0.2, -0.15) is 4.39 Å². The predicted octanol–water partition coefficient (Wildman–Crippen LogP) is 6.36. The van der Waals surface area contributed by atoms with Gasteiger partial charge in [0.25, 0.3) is 0 Å². The molecule has 1 aromatic carbocycles. The van der Waals surface area contributed by atoms with Crippen molar-refractivity contribution in [3.8, 4) is 5.75 Å². The Morgan fingerprint density at radius 2 is 1.54 bits per heavy atom. The van der Waals surface area contributed by atoms with Gasteiger partial charge in [-0.1, -0.05) is 19.4 Å². The van der Waals surface area contributed by atoms with E-state index in [1.165, 1.54) is 6.07 Å². The summed E-state index contributed by atoms with van der Waals surface area (Å²) in [5, 5.41) is 0. The average molecular weight is 372 g/mol. The van der Waals surface area contributed by atoms with E-state index in [0.29, 0.717) is 37.7 Å². The van der Waals surface area contributed by atoms with Crippen LogP contribution in [0.2, 0.25) is 0 Å². The van der Waals surface area contributed by atoms with E-state index in [9.17, 15) is 17.6 Å². The van der Waals surface area contributed by atoms with Gasteiger partial charge >= 0.3 is 0 Å². The minimum atomic E-state index is -1.14. The molecule has 2 fully saturated rings. The van der Waals surface area contributed by atoms with Gasteiger partial charge in [-0.3, -0.25) is 0 Å². The zero-order valence-corrected chi connectivity index (χ0v) is 15.5. The highest BCUT2D eigenvalue weighted by molar-refractivity contribution is 5.33. The summed E-state index contributed by atoms with van der Waals surface area (Å²) in [4.78, 5) is 0. The first-order chi connectivity index (χ1) is 12.5. The topological polar surface area (TPSA) is 9.23 Å². The number of fused-ring (bicyclic) bond motifs is 1. The Hall–Kier alpha value is -1.26. The molecule has 0 spiro atoms. The molecule has 26 heavy (non-hydrogen) atoms. The van der Waals surface area contributed by atoms with Crippen molar-refractivity contribution < 1.29 is 22.3 Å². The number of halogens is 4. The summed E-state index contributed by atoms with van der Waals surface area (Å²) in [6.07, 6.45) is 0.952. The maximum atomic E-state index is 14.6. The highest BCUT2D eigenvalue weighted by Crippen LogP contribution is 2.51. The van der Waals surface area contributed by atoms with Crippen LogP contribution in [0.25, 0.3) is 0 Å². The van der Waals surface area contributed by atoms with E-state index in [1.54, 1.807) is 13.0 Å². The number of alkyl halides is 2. The molecule has 0 aliphatic heterocycles. The summed E-state index contributed by atoms with van der Waals surface area (Å²) in [5.41, 5.74) is 0.315. The van der Waals surface area contributed by atoms with Crippen LogP contribution in [0.5, 0.6) is 5.75 Å². The zero-order valence-electron chi connectivity index (χ0n) is 15.5. The molecule has 1 nitrogen and oxygen atoms in total. The second kappa shape index (κ2) is 8.18. The number of ether oxygens (including phenoxy) is 1. The molecule has 2 aliphatic carbocycles. The summed E-state index contributed by atoms with van der Waals surface area (Å²) in [6.45, 7) is 3.92. The number of hydrogen-bond acceptors (Lipinski definition) is 1. The van der Waals surface area contributed by atoms with Gasteiger partial charge in [0.1, 0.15) is 12.3 Å². The molecule has 0 bridgehead atoms. The molecule has 1 aromatic rings. The second-order valence-electron chi connectivity index (χ2n) is 7.86. The molecular weight excluding hydrogens is 344 g/mol. The standard InChI is InChI=1S/C21H28F4O/c1-3-5-16-17(22)10-12-8-14(9-13(12)11-18(16)23)15-6-7-19(26-4-2)21(25)20(15)24/h6-7,12-14,16-18H,3-5,8-11H2,1-2H3. The van der Waals surface area contributed by atoms with Crippen molar-refractivity contribution in [1.82, 2.24) is 0 Å². The Morgan fingerprint density at radius 3 is 2.08 bits per heavy atom. The molecule has 0 heterocycles. The van der Waals surface area contributed by atoms with Crippen LogP contribution in [-0.4, -0.2) is 19.0 Å². The van der Waals surface area contributed by atoms with Crippen LogP contribution in [0.4, 0.5) is 17.6 Å². The number of benzene rings is 1. The maximum absolute atomic E-state index is 14.6. The van der Waals surface area contributed by atoms with Gasteiger partial charge in [0.15, 0.2) is 11.6 Å². The van der Waals surface area contributed by atoms with Crippen LogP contribution in [0.15, 0.2) is 12.1 Å². The Kier molecular flexibility index (Phi) is 6.13. The summed E-state index contributed by atoms with van der Waals surface area (Å²) in [6, 6.07) is 3.03. The summed E-state index contributed by atoms with van der Waals surface area (Å²) < 4.78 is 63.0. The fraction of sp³-hybridized carbons (Fsp3) is 0.714. The largest absolute Gasteiger partial charge is 0.491 e. The first-order valence-electron chi connectivity index (χ1n) is 9.85. The molecule has 3 rings (SSSR count). The molecule has 5 heteroatoms. The van der Waals surface area contributed by atoms with E-state index in [2.05, 4.69) is 0 Å². The van der Waals surface area contributed by atoms with Gasteiger partial charge in [-0.15, -0.1) is 0 Å². The maximum Gasteiger partial charge on any atom is 0.200 e. The third-order valence-electron chi connectivity index (χ3n) is 6.26. The van der Waals surface area contributed by atoms with Gasteiger partial charge in [0, 0.05) is 5.92 Å². The third kappa shape index (κ3) is 3.72. The Labute approximate surface area is 153 Å². The van der Waals surface area contributed by atoms with Gasteiger partial charge in [0.2, 0.25) is 5.82 Å². The van der Waals surface area contributed by atoms with E-state index >= 15 is 0 Å². The molecule has 2 aliphatic rings. The van der Waals surface area contributed by atoms with E-state index in [1.807, 2.05) is 6.92 Å². The minimum absolute atomic E-state index is 0.0455. The molecule has 0 aromatic heterocycles. The second-order valence-corrected chi connectivity index (χ2v) is 7.86. The number of rotatable bonds is 5. The van der Waals surface area contributed by atoms with E-state index in [4.69, 9.17) is 4.74 Å². The summed E-state index contributed by atoms with van der Waals surface area (Å²) >= 11 is 0. The lowest BCUT2D eigenvalue weighted by Gasteiger charge is -2.22. The van der Waals surface area contributed by atoms with Crippen LogP contribution < -0.4 is 4.74 Å². The normalized spacial score (nSPS) is 34.4. The predicted molar refractivity (Wildman–Crippen MR) is 93.9 cm³/mol. The highest BCUT2D eigenvalue weighted by atomic mass is 19.2. The minimum Gasteiger partial charge on any atom is -0.491 e. The highest BCUT2D eigenvalue weighted by Gasteiger charge is 2.45. The smallest absolute Gasteiger partial charge is 0.200 e. The quantitative estimate of drug-likeness (QED) is 0.547. The lowest BCUT2D eigenvalue weighted by Crippen LogP contribution is -2.25. The molecule has 0 radical (unpaired) electrons. The lowest BCUT2D eigenvalue weighted by molar-refractivity contribution is 0.113. The number of hydrogen-bond donors (Lipinski definition) is 0.